The van der Waals surface area contributed by atoms with Gasteiger partial charge in [-0.1, -0.05) is 24.8 Å². The van der Waals surface area contributed by atoms with Gasteiger partial charge in [0, 0.05) is 14.7 Å². The Hall–Kier alpha value is -1.57. The summed E-state index contributed by atoms with van der Waals surface area (Å²) in [5.41, 5.74) is 0.729. The van der Waals surface area contributed by atoms with Crippen molar-refractivity contribution in [3.8, 4) is 11.8 Å². The normalized spacial score (nSPS) is 10.1. The van der Waals surface area contributed by atoms with Crippen LogP contribution in [-0.4, -0.2) is 10.9 Å². The zero-order valence-electron chi connectivity index (χ0n) is 10.5. The van der Waals surface area contributed by atoms with Crippen LogP contribution in [0.3, 0.4) is 0 Å². The molecule has 4 heteroatoms. The monoisotopic (exact) mass is 287 g/mol. The van der Waals surface area contributed by atoms with Gasteiger partial charge in [0.05, 0.1) is 5.56 Å². The Kier molecular flexibility index (Phi) is 4.78. The zero-order chi connectivity index (χ0) is 13.7. The summed E-state index contributed by atoms with van der Waals surface area (Å²) in [6, 6.07) is 15.2. The number of nitrogens with zero attached hydrogens (tertiary/aromatic N) is 1. The van der Waals surface area contributed by atoms with Gasteiger partial charge >= 0.3 is 0 Å². The highest BCUT2D eigenvalue weighted by atomic mass is 32.2. The highest BCUT2D eigenvalue weighted by molar-refractivity contribution is 8.00. The second-order valence-electron chi connectivity index (χ2n) is 3.77. The second-order valence-corrected chi connectivity index (χ2v) is 6.19. The lowest BCUT2D eigenvalue weighted by Gasteiger charge is -2.08. The van der Waals surface area contributed by atoms with E-state index in [0.29, 0.717) is 0 Å². The molecule has 0 aromatic heterocycles. The average Bonchev–Trinajstić information content (AvgIpc) is 2.42. The van der Waals surface area contributed by atoms with E-state index in [1.165, 1.54) is 0 Å². The van der Waals surface area contributed by atoms with Gasteiger partial charge in [-0.05, 0) is 42.2 Å². The van der Waals surface area contributed by atoms with Gasteiger partial charge in [0.1, 0.15) is 11.8 Å². The predicted molar refractivity (Wildman–Crippen MR) is 79.8 cm³/mol. The minimum atomic E-state index is 0.250. The molecule has 0 fully saturated rings. The van der Waals surface area contributed by atoms with E-state index >= 15 is 0 Å². The van der Waals surface area contributed by atoms with Gasteiger partial charge < -0.3 is 5.11 Å². The summed E-state index contributed by atoms with van der Waals surface area (Å²) in [5.74, 6) is 1.20. The fourth-order valence-electron chi connectivity index (χ4n) is 1.62. The Morgan fingerprint density at radius 1 is 1.11 bits per heavy atom. The number of phenols is 1. The van der Waals surface area contributed by atoms with Crippen molar-refractivity contribution in [2.24, 2.45) is 0 Å². The second kappa shape index (κ2) is 6.55. The van der Waals surface area contributed by atoms with Crippen molar-refractivity contribution >= 4 is 23.5 Å². The first kappa shape index (κ1) is 13.9. The molecule has 0 saturated heterocycles. The van der Waals surface area contributed by atoms with Crippen molar-refractivity contribution in [1.29, 1.82) is 5.26 Å². The van der Waals surface area contributed by atoms with Crippen LogP contribution in [0.4, 0.5) is 0 Å². The van der Waals surface area contributed by atoms with Gasteiger partial charge in [0.15, 0.2) is 0 Å². The van der Waals surface area contributed by atoms with Gasteiger partial charge in [-0.25, -0.2) is 0 Å². The van der Waals surface area contributed by atoms with Crippen molar-refractivity contribution in [3.05, 3.63) is 48.0 Å². The predicted octanol–water partition coefficient (Wildman–Crippen LogP) is 4.53. The van der Waals surface area contributed by atoms with Crippen molar-refractivity contribution in [2.45, 2.75) is 21.6 Å². The van der Waals surface area contributed by atoms with Crippen molar-refractivity contribution in [3.63, 3.8) is 0 Å². The quantitative estimate of drug-likeness (QED) is 0.839. The van der Waals surface area contributed by atoms with Crippen LogP contribution >= 0.6 is 23.5 Å². The molecule has 2 rings (SSSR count). The summed E-state index contributed by atoms with van der Waals surface area (Å²) < 4.78 is 0. The lowest BCUT2D eigenvalue weighted by Crippen LogP contribution is -1.86. The summed E-state index contributed by atoms with van der Waals surface area (Å²) in [6.07, 6.45) is 0. The molecule has 0 unspecified atom stereocenters. The molecule has 2 aromatic rings. The summed E-state index contributed by atoms with van der Waals surface area (Å²) in [5, 5.41) is 18.6. The standard InChI is InChI=1S/C15H13NOS2/c1-2-18-14-4-3-5-15(13(14)10-16)19-12-8-6-11(17)7-9-12/h3-9,17H,2H2,1H3. The van der Waals surface area contributed by atoms with Gasteiger partial charge in [-0.3, -0.25) is 0 Å². The molecule has 1 N–H and O–H groups in total. The van der Waals surface area contributed by atoms with E-state index in [0.717, 1.165) is 26.0 Å². The molecule has 0 bridgehead atoms. The number of phenolic OH excluding ortho intramolecular Hbond substituents is 1. The maximum atomic E-state index is 9.33. The van der Waals surface area contributed by atoms with E-state index < -0.39 is 0 Å². The molecule has 0 aliphatic heterocycles. The number of hydrogen-bond donors (Lipinski definition) is 1. The van der Waals surface area contributed by atoms with Crippen LogP contribution in [0.1, 0.15) is 12.5 Å². The molecule has 0 amide bonds. The van der Waals surface area contributed by atoms with E-state index in [9.17, 15) is 10.4 Å². The summed E-state index contributed by atoms with van der Waals surface area (Å²) in [7, 11) is 0. The molecule has 96 valence electrons. The SMILES string of the molecule is CCSc1cccc(Sc2ccc(O)cc2)c1C#N. The van der Waals surface area contributed by atoms with E-state index in [2.05, 4.69) is 13.0 Å². The highest BCUT2D eigenvalue weighted by Crippen LogP contribution is 2.35. The molecule has 0 aliphatic carbocycles. The molecule has 0 radical (unpaired) electrons. The van der Waals surface area contributed by atoms with Gasteiger partial charge in [-0.15, -0.1) is 11.8 Å². The fraction of sp³-hybridized carbons (Fsp3) is 0.133. The number of thioether (sulfide) groups is 1. The minimum Gasteiger partial charge on any atom is -0.508 e. The smallest absolute Gasteiger partial charge is 0.115 e. The Balaban J connectivity index is 2.32. The summed E-state index contributed by atoms with van der Waals surface area (Å²) >= 11 is 3.22. The first-order chi connectivity index (χ1) is 9.24. The third kappa shape index (κ3) is 3.46. The van der Waals surface area contributed by atoms with Crippen LogP contribution < -0.4 is 0 Å². The molecule has 0 aliphatic rings. The topological polar surface area (TPSA) is 44.0 Å². The maximum absolute atomic E-state index is 9.33. The third-order valence-electron chi connectivity index (χ3n) is 2.46. The van der Waals surface area contributed by atoms with Crippen molar-refractivity contribution < 1.29 is 5.11 Å². The summed E-state index contributed by atoms with van der Waals surface area (Å²) in [4.78, 5) is 2.98. The third-order valence-corrected chi connectivity index (χ3v) is 4.47. The van der Waals surface area contributed by atoms with E-state index in [1.54, 1.807) is 35.7 Å². The van der Waals surface area contributed by atoms with Gasteiger partial charge in [0.25, 0.3) is 0 Å². The number of hydrogen-bond acceptors (Lipinski definition) is 4. The Morgan fingerprint density at radius 3 is 2.42 bits per heavy atom. The number of rotatable bonds is 4. The fourth-order valence-corrected chi connectivity index (χ4v) is 3.40. The summed E-state index contributed by atoms with van der Waals surface area (Å²) in [6.45, 7) is 2.08. The van der Waals surface area contributed by atoms with Crippen LogP contribution in [0.2, 0.25) is 0 Å². The Morgan fingerprint density at radius 2 is 1.79 bits per heavy atom. The molecule has 19 heavy (non-hydrogen) atoms. The molecule has 0 heterocycles. The van der Waals surface area contributed by atoms with E-state index in [-0.39, 0.29) is 5.75 Å². The first-order valence-corrected chi connectivity index (χ1v) is 7.67. The molecule has 2 aromatic carbocycles. The first-order valence-electron chi connectivity index (χ1n) is 5.87. The van der Waals surface area contributed by atoms with E-state index in [1.807, 2.05) is 30.3 Å². The van der Waals surface area contributed by atoms with Gasteiger partial charge in [-0.2, -0.15) is 5.26 Å². The van der Waals surface area contributed by atoms with Crippen LogP contribution in [0.5, 0.6) is 5.75 Å². The molecule has 2 nitrogen and oxygen atoms in total. The Bertz CT molecular complexity index is 603. The van der Waals surface area contributed by atoms with Crippen LogP contribution in [0.25, 0.3) is 0 Å². The van der Waals surface area contributed by atoms with Crippen molar-refractivity contribution in [2.75, 3.05) is 5.75 Å². The lowest BCUT2D eigenvalue weighted by atomic mass is 10.2. The van der Waals surface area contributed by atoms with Gasteiger partial charge in [0.2, 0.25) is 0 Å². The molecular formula is C15H13NOS2. The van der Waals surface area contributed by atoms with E-state index in [4.69, 9.17) is 0 Å². The molecule has 0 saturated carbocycles. The number of aromatic hydroxyl groups is 1. The molecule has 0 spiro atoms. The van der Waals surface area contributed by atoms with Crippen LogP contribution in [0, 0.1) is 11.3 Å². The highest BCUT2D eigenvalue weighted by Gasteiger charge is 2.09. The zero-order valence-corrected chi connectivity index (χ0v) is 12.1. The van der Waals surface area contributed by atoms with Crippen molar-refractivity contribution in [1.82, 2.24) is 0 Å². The number of nitriles is 1. The average molecular weight is 287 g/mol. The maximum Gasteiger partial charge on any atom is 0.115 e. The Labute approximate surface area is 121 Å². The number of benzene rings is 2. The van der Waals surface area contributed by atoms with Crippen LogP contribution in [-0.2, 0) is 0 Å². The minimum absolute atomic E-state index is 0.250. The largest absolute Gasteiger partial charge is 0.508 e. The molecular weight excluding hydrogens is 274 g/mol. The lowest BCUT2D eigenvalue weighted by molar-refractivity contribution is 0.475. The molecule has 0 atom stereocenters. The van der Waals surface area contributed by atoms with Crippen LogP contribution in [0.15, 0.2) is 57.2 Å².